The fourth-order valence-corrected chi connectivity index (χ4v) is 4.09. The minimum absolute atomic E-state index is 0.0140. The van der Waals surface area contributed by atoms with Gasteiger partial charge in [-0.05, 0) is 68.3 Å². The maximum absolute atomic E-state index is 10.7. The summed E-state index contributed by atoms with van der Waals surface area (Å²) in [4.78, 5) is 10.7. The fourth-order valence-electron chi connectivity index (χ4n) is 2.58. The Balaban J connectivity index is 2.01. The minimum Gasteiger partial charge on any atom is -0.491 e. The number of hydrogen-bond donors (Lipinski definition) is 1. The van der Waals surface area contributed by atoms with E-state index in [0.717, 1.165) is 26.9 Å². The SMILES string of the molecule is O=C(O)Cc1cc(Br)c(OCC2CCCCC2)c(Br)c1. The number of carboxylic acid groups (broad SMARTS) is 1. The number of hydrogen-bond acceptors (Lipinski definition) is 2. The van der Waals surface area contributed by atoms with Gasteiger partial charge in [0.15, 0.2) is 0 Å². The molecular weight excluding hydrogens is 388 g/mol. The van der Waals surface area contributed by atoms with E-state index in [4.69, 9.17) is 9.84 Å². The van der Waals surface area contributed by atoms with Gasteiger partial charge in [0.05, 0.1) is 22.0 Å². The summed E-state index contributed by atoms with van der Waals surface area (Å²) in [5.74, 6) is 0.575. The smallest absolute Gasteiger partial charge is 0.307 e. The highest BCUT2D eigenvalue weighted by molar-refractivity contribution is 9.11. The second kappa shape index (κ2) is 7.46. The monoisotopic (exact) mass is 404 g/mol. The Labute approximate surface area is 136 Å². The van der Waals surface area contributed by atoms with Crippen LogP contribution in [0.5, 0.6) is 5.75 Å². The van der Waals surface area contributed by atoms with E-state index in [1.165, 1.54) is 32.1 Å². The van der Waals surface area contributed by atoms with Gasteiger partial charge in [-0.1, -0.05) is 19.3 Å². The van der Waals surface area contributed by atoms with Gasteiger partial charge in [0.1, 0.15) is 5.75 Å². The van der Waals surface area contributed by atoms with Crippen molar-refractivity contribution in [1.29, 1.82) is 0 Å². The molecule has 1 aliphatic rings. The number of aliphatic carboxylic acids is 1. The van der Waals surface area contributed by atoms with Gasteiger partial charge in [-0.25, -0.2) is 0 Å². The molecule has 1 N–H and O–H groups in total. The molecule has 0 heterocycles. The molecule has 110 valence electrons. The average Bonchev–Trinajstić information content (AvgIpc) is 2.38. The van der Waals surface area contributed by atoms with E-state index in [1.807, 2.05) is 12.1 Å². The van der Waals surface area contributed by atoms with Crippen molar-refractivity contribution in [2.45, 2.75) is 38.5 Å². The number of ether oxygens (including phenoxy) is 1. The van der Waals surface area contributed by atoms with Crippen LogP contribution in [0.25, 0.3) is 0 Å². The van der Waals surface area contributed by atoms with E-state index in [2.05, 4.69) is 31.9 Å². The van der Waals surface area contributed by atoms with Crippen LogP contribution in [0.3, 0.4) is 0 Å². The predicted octanol–water partition coefficient (Wildman–Crippen LogP) is 4.80. The van der Waals surface area contributed by atoms with Gasteiger partial charge < -0.3 is 9.84 Å². The highest BCUT2D eigenvalue weighted by atomic mass is 79.9. The van der Waals surface area contributed by atoms with Gasteiger partial charge in [0.2, 0.25) is 0 Å². The van der Waals surface area contributed by atoms with Crippen molar-refractivity contribution in [1.82, 2.24) is 0 Å². The third kappa shape index (κ3) is 4.48. The molecule has 0 spiro atoms. The van der Waals surface area contributed by atoms with E-state index in [1.54, 1.807) is 0 Å². The number of benzene rings is 1. The maximum atomic E-state index is 10.7. The largest absolute Gasteiger partial charge is 0.491 e. The molecule has 1 aliphatic carbocycles. The van der Waals surface area contributed by atoms with Crippen LogP contribution in [-0.2, 0) is 11.2 Å². The van der Waals surface area contributed by atoms with Crippen molar-refractivity contribution in [2.24, 2.45) is 5.92 Å². The summed E-state index contributed by atoms with van der Waals surface area (Å²) in [6.07, 6.45) is 6.44. The van der Waals surface area contributed by atoms with Gasteiger partial charge in [-0.2, -0.15) is 0 Å². The van der Waals surface area contributed by atoms with Crippen molar-refractivity contribution < 1.29 is 14.6 Å². The topological polar surface area (TPSA) is 46.5 Å². The summed E-state index contributed by atoms with van der Waals surface area (Å²) in [5.41, 5.74) is 0.751. The van der Waals surface area contributed by atoms with Gasteiger partial charge in [0, 0.05) is 0 Å². The van der Waals surface area contributed by atoms with Crippen molar-refractivity contribution in [3.8, 4) is 5.75 Å². The van der Waals surface area contributed by atoms with Crippen LogP contribution in [0.1, 0.15) is 37.7 Å². The third-order valence-electron chi connectivity index (χ3n) is 3.60. The molecule has 2 rings (SSSR count). The van der Waals surface area contributed by atoms with Crippen molar-refractivity contribution in [3.63, 3.8) is 0 Å². The molecule has 3 nitrogen and oxygen atoms in total. The Kier molecular flexibility index (Phi) is 5.90. The van der Waals surface area contributed by atoms with Crippen LogP contribution in [0.2, 0.25) is 0 Å². The molecule has 1 aromatic rings. The first-order valence-corrected chi connectivity index (χ1v) is 8.47. The summed E-state index contributed by atoms with van der Waals surface area (Å²) in [6.45, 7) is 0.732. The first kappa shape index (κ1) is 15.8. The third-order valence-corrected chi connectivity index (χ3v) is 4.78. The van der Waals surface area contributed by atoms with E-state index >= 15 is 0 Å². The van der Waals surface area contributed by atoms with Gasteiger partial charge >= 0.3 is 5.97 Å². The molecule has 0 amide bonds. The van der Waals surface area contributed by atoms with Crippen molar-refractivity contribution in [3.05, 3.63) is 26.6 Å². The van der Waals surface area contributed by atoms with E-state index in [0.29, 0.717) is 5.92 Å². The van der Waals surface area contributed by atoms with Gasteiger partial charge in [0.25, 0.3) is 0 Å². The van der Waals surface area contributed by atoms with Crippen molar-refractivity contribution in [2.75, 3.05) is 6.61 Å². The summed E-state index contributed by atoms with van der Waals surface area (Å²) >= 11 is 6.93. The van der Waals surface area contributed by atoms with Gasteiger partial charge in [-0.15, -0.1) is 0 Å². The number of carboxylic acids is 1. The van der Waals surface area contributed by atoms with E-state index < -0.39 is 5.97 Å². The molecule has 0 saturated heterocycles. The zero-order valence-corrected chi connectivity index (χ0v) is 14.4. The quantitative estimate of drug-likeness (QED) is 0.765. The van der Waals surface area contributed by atoms with Crippen LogP contribution in [0.4, 0.5) is 0 Å². The van der Waals surface area contributed by atoms with Crippen LogP contribution >= 0.6 is 31.9 Å². The average molecular weight is 406 g/mol. The standard InChI is InChI=1S/C15H18Br2O3/c16-12-6-11(8-14(18)19)7-13(17)15(12)20-9-10-4-2-1-3-5-10/h6-7,10H,1-5,8-9H2,(H,18,19). The van der Waals surface area contributed by atoms with E-state index in [9.17, 15) is 4.79 Å². The molecule has 0 aliphatic heterocycles. The summed E-state index contributed by atoms with van der Waals surface area (Å²) in [5, 5.41) is 8.83. The van der Waals surface area contributed by atoms with Crippen LogP contribution in [0, 0.1) is 5.92 Å². The Morgan fingerprint density at radius 3 is 2.35 bits per heavy atom. The lowest BCUT2D eigenvalue weighted by atomic mass is 9.90. The second-order valence-corrected chi connectivity index (χ2v) is 6.98. The maximum Gasteiger partial charge on any atom is 0.307 e. The Hall–Kier alpha value is -0.550. The van der Waals surface area contributed by atoms with E-state index in [-0.39, 0.29) is 6.42 Å². The summed E-state index contributed by atoms with van der Waals surface area (Å²) < 4.78 is 7.53. The van der Waals surface area contributed by atoms with Crippen LogP contribution in [0.15, 0.2) is 21.1 Å². The van der Waals surface area contributed by atoms with Crippen LogP contribution < -0.4 is 4.74 Å². The normalized spacial score (nSPS) is 16.1. The molecule has 0 aromatic heterocycles. The number of rotatable bonds is 5. The highest BCUT2D eigenvalue weighted by Crippen LogP contribution is 2.36. The second-order valence-electron chi connectivity index (χ2n) is 5.27. The molecule has 5 heteroatoms. The van der Waals surface area contributed by atoms with Crippen molar-refractivity contribution >= 4 is 37.8 Å². The minimum atomic E-state index is -0.834. The predicted molar refractivity (Wildman–Crippen MR) is 85.3 cm³/mol. The first-order valence-electron chi connectivity index (χ1n) is 6.89. The molecule has 0 bridgehead atoms. The molecular formula is C15H18Br2O3. The lowest BCUT2D eigenvalue weighted by Gasteiger charge is -2.22. The fraction of sp³-hybridized carbons (Fsp3) is 0.533. The van der Waals surface area contributed by atoms with Gasteiger partial charge in [-0.3, -0.25) is 4.79 Å². The molecule has 1 saturated carbocycles. The zero-order valence-electron chi connectivity index (χ0n) is 11.2. The Bertz CT molecular complexity index is 459. The lowest BCUT2D eigenvalue weighted by Crippen LogP contribution is -2.15. The zero-order chi connectivity index (χ0) is 14.5. The highest BCUT2D eigenvalue weighted by Gasteiger charge is 2.16. The molecule has 0 radical (unpaired) electrons. The summed E-state index contributed by atoms with van der Waals surface area (Å²) in [7, 11) is 0. The Morgan fingerprint density at radius 2 is 1.80 bits per heavy atom. The van der Waals surface area contributed by atoms with Crippen LogP contribution in [-0.4, -0.2) is 17.7 Å². The lowest BCUT2D eigenvalue weighted by molar-refractivity contribution is -0.136. The molecule has 1 aromatic carbocycles. The Morgan fingerprint density at radius 1 is 1.20 bits per heavy atom. The molecule has 1 fully saturated rings. The number of carbonyl (C=O) groups is 1. The first-order chi connectivity index (χ1) is 9.56. The molecule has 0 atom stereocenters. The number of halogens is 2. The summed E-state index contributed by atoms with van der Waals surface area (Å²) in [6, 6.07) is 3.63. The molecule has 20 heavy (non-hydrogen) atoms. The molecule has 0 unspecified atom stereocenters.